The van der Waals surface area contributed by atoms with Gasteiger partial charge in [-0.15, -0.1) is 0 Å². The molecule has 2 aromatic heterocycles. The number of pyridine rings is 1. The van der Waals surface area contributed by atoms with E-state index in [0.29, 0.717) is 19.1 Å². The number of ether oxygens (including phenoxy) is 2. The maximum absolute atomic E-state index is 12.3. The monoisotopic (exact) mass is 504 g/mol. The lowest BCUT2D eigenvalue weighted by Crippen LogP contribution is -2.44. The van der Waals surface area contributed by atoms with E-state index < -0.39 is 5.60 Å². The van der Waals surface area contributed by atoms with Crippen LogP contribution in [0.5, 0.6) is 0 Å². The molecule has 0 N–H and O–H groups in total. The summed E-state index contributed by atoms with van der Waals surface area (Å²) in [6, 6.07) is 4.30. The van der Waals surface area contributed by atoms with Crippen molar-refractivity contribution in [1.82, 2.24) is 19.7 Å². The van der Waals surface area contributed by atoms with Crippen LogP contribution in [0, 0.1) is 0 Å². The molecular weight excluding hydrogens is 472 g/mol. The van der Waals surface area contributed by atoms with E-state index in [-0.39, 0.29) is 18.3 Å². The molecule has 1 amide bonds. The van der Waals surface area contributed by atoms with E-state index in [4.69, 9.17) is 14.6 Å². The first kappa shape index (κ1) is 23.2. The second-order valence-corrected chi connectivity index (χ2v) is 10.6. The van der Waals surface area contributed by atoms with E-state index >= 15 is 0 Å². The number of carbonyl (C=O) groups excluding carboxylic acids is 1. The van der Waals surface area contributed by atoms with Crippen molar-refractivity contribution in [3.63, 3.8) is 0 Å². The van der Waals surface area contributed by atoms with Crippen molar-refractivity contribution >= 4 is 22.0 Å². The molecule has 1 saturated carbocycles. The molecule has 2 atom stereocenters. The minimum atomic E-state index is -0.458. The molecule has 7 nitrogen and oxygen atoms in total. The molecular formula is C24H33BrN4O3. The second-order valence-electron chi connectivity index (χ2n) is 9.79. The van der Waals surface area contributed by atoms with Crippen LogP contribution < -0.4 is 0 Å². The minimum Gasteiger partial charge on any atom is -0.444 e. The van der Waals surface area contributed by atoms with Crippen molar-refractivity contribution in [1.29, 1.82) is 0 Å². The van der Waals surface area contributed by atoms with Crippen LogP contribution in [-0.2, 0) is 9.47 Å². The second kappa shape index (κ2) is 9.91. The molecule has 0 aromatic carbocycles. The lowest BCUT2D eigenvalue weighted by molar-refractivity contribution is -0.0647. The van der Waals surface area contributed by atoms with E-state index in [9.17, 15) is 4.79 Å². The number of carbonyl (C=O) groups is 1. The number of rotatable bonds is 4. The van der Waals surface area contributed by atoms with Gasteiger partial charge in [0.2, 0.25) is 0 Å². The van der Waals surface area contributed by atoms with Gasteiger partial charge in [-0.05, 0) is 87.4 Å². The molecule has 32 heavy (non-hydrogen) atoms. The average molecular weight is 505 g/mol. The third-order valence-electron chi connectivity index (χ3n) is 6.09. The predicted molar refractivity (Wildman–Crippen MR) is 126 cm³/mol. The third kappa shape index (κ3) is 5.90. The molecule has 1 aliphatic carbocycles. The van der Waals surface area contributed by atoms with Crippen molar-refractivity contribution in [3.8, 4) is 11.3 Å². The van der Waals surface area contributed by atoms with E-state index in [0.717, 1.165) is 54.3 Å². The summed E-state index contributed by atoms with van der Waals surface area (Å²) < 4.78 is 15.1. The van der Waals surface area contributed by atoms with E-state index in [1.165, 1.54) is 0 Å². The normalized spacial score (nSPS) is 22.7. The Balaban J connectivity index is 1.30. The summed E-state index contributed by atoms with van der Waals surface area (Å²) in [5, 5.41) is 4.87. The quantitative estimate of drug-likeness (QED) is 0.541. The Kier molecular flexibility index (Phi) is 7.20. The average Bonchev–Trinajstić information content (AvgIpc) is 3.15. The van der Waals surface area contributed by atoms with Crippen LogP contribution in [0.2, 0.25) is 0 Å². The third-order valence-corrected chi connectivity index (χ3v) is 6.67. The number of halogens is 1. The number of hydrogen-bond acceptors (Lipinski definition) is 5. The largest absolute Gasteiger partial charge is 0.444 e. The highest BCUT2D eigenvalue weighted by molar-refractivity contribution is 9.10. The van der Waals surface area contributed by atoms with Crippen molar-refractivity contribution in [2.75, 3.05) is 13.1 Å². The summed E-state index contributed by atoms with van der Waals surface area (Å²) in [7, 11) is 0. The number of amides is 1. The van der Waals surface area contributed by atoms with Crippen molar-refractivity contribution in [3.05, 3.63) is 35.2 Å². The number of hydrogen-bond donors (Lipinski definition) is 0. The van der Waals surface area contributed by atoms with Gasteiger partial charge in [0.15, 0.2) is 0 Å². The first-order chi connectivity index (χ1) is 15.3. The zero-order chi connectivity index (χ0) is 22.7. The summed E-state index contributed by atoms with van der Waals surface area (Å²) in [6.45, 7) is 7.09. The zero-order valence-electron chi connectivity index (χ0n) is 19.2. The first-order valence-corrected chi connectivity index (χ1v) is 12.4. The van der Waals surface area contributed by atoms with Gasteiger partial charge in [-0.25, -0.2) is 4.79 Å². The van der Waals surface area contributed by atoms with E-state index in [1.54, 1.807) is 17.3 Å². The molecule has 0 bridgehead atoms. The van der Waals surface area contributed by atoms with Crippen molar-refractivity contribution < 1.29 is 14.3 Å². The molecule has 2 fully saturated rings. The van der Waals surface area contributed by atoms with Gasteiger partial charge in [-0.1, -0.05) is 0 Å². The van der Waals surface area contributed by atoms with Gasteiger partial charge in [0.05, 0.1) is 22.7 Å². The van der Waals surface area contributed by atoms with Gasteiger partial charge in [0, 0.05) is 37.2 Å². The Bertz CT molecular complexity index is 904. The summed E-state index contributed by atoms with van der Waals surface area (Å²) in [5.74, 6) is 0. The standard InChI is InChI=1S/C24H33BrN4O3/c1-24(2,3)32-23(30)28-13-9-19(10-14-28)31-20-6-4-5-18(15-20)29-16-21(25)22(27-29)17-7-11-26-12-8-17/h7-8,11-12,16,18-20H,4-6,9-10,13-15H2,1-3H3/t18-,20-/m1/s1. The molecule has 8 heteroatoms. The van der Waals surface area contributed by atoms with Gasteiger partial charge >= 0.3 is 6.09 Å². The maximum atomic E-state index is 12.3. The number of likely N-dealkylation sites (tertiary alicyclic amines) is 1. The van der Waals surface area contributed by atoms with Gasteiger partial charge < -0.3 is 14.4 Å². The number of nitrogens with zero attached hydrogens (tertiary/aromatic N) is 4. The van der Waals surface area contributed by atoms with Crippen molar-refractivity contribution in [2.45, 2.75) is 83.1 Å². The van der Waals surface area contributed by atoms with Crippen LogP contribution in [0.25, 0.3) is 11.3 Å². The number of aromatic nitrogens is 3. The smallest absolute Gasteiger partial charge is 0.410 e. The van der Waals surface area contributed by atoms with Crippen LogP contribution in [0.3, 0.4) is 0 Å². The topological polar surface area (TPSA) is 69.5 Å². The molecule has 1 aliphatic heterocycles. The maximum Gasteiger partial charge on any atom is 0.410 e. The lowest BCUT2D eigenvalue weighted by atomic mass is 9.92. The zero-order valence-corrected chi connectivity index (χ0v) is 20.8. The van der Waals surface area contributed by atoms with Gasteiger partial charge in [0.25, 0.3) is 0 Å². The fraction of sp³-hybridized carbons (Fsp3) is 0.625. The summed E-state index contributed by atoms with van der Waals surface area (Å²) in [6.07, 6.45) is 11.9. The molecule has 2 aromatic rings. The minimum absolute atomic E-state index is 0.203. The fourth-order valence-corrected chi connectivity index (χ4v) is 5.04. The Labute approximate surface area is 198 Å². The molecule has 3 heterocycles. The van der Waals surface area contributed by atoms with Crippen molar-refractivity contribution in [2.24, 2.45) is 0 Å². The summed E-state index contributed by atoms with van der Waals surface area (Å²) in [5.41, 5.74) is 1.55. The first-order valence-electron chi connectivity index (χ1n) is 11.6. The molecule has 4 rings (SSSR count). The number of piperidine rings is 1. The molecule has 0 unspecified atom stereocenters. The van der Waals surface area contributed by atoms with Crippen LogP contribution >= 0.6 is 15.9 Å². The summed E-state index contributed by atoms with van der Waals surface area (Å²) in [4.78, 5) is 18.2. The fourth-order valence-electron chi connectivity index (χ4n) is 4.52. The Hall–Kier alpha value is -1.93. The van der Waals surface area contributed by atoms with Gasteiger partial charge in [-0.2, -0.15) is 5.10 Å². The van der Waals surface area contributed by atoms with E-state index in [2.05, 4.69) is 31.8 Å². The molecule has 2 aliphatic rings. The molecule has 0 spiro atoms. The molecule has 174 valence electrons. The SMILES string of the molecule is CC(C)(C)OC(=O)N1CCC(O[C@@H]2CCC[C@@H](n3cc(Br)c(-c4ccncc4)n3)C2)CC1. The Morgan fingerprint density at radius 3 is 2.50 bits per heavy atom. The van der Waals surface area contributed by atoms with Gasteiger partial charge in [-0.3, -0.25) is 9.67 Å². The van der Waals surface area contributed by atoms with E-state index in [1.807, 2.05) is 32.9 Å². The molecule has 0 radical (unpaired) electrons. The van der Waals surface area contributed by atoms with Crippen LogP contribution in [0.4, 0.5) is 4.79 Å². The summed E-state index contributed by atoms with van der Waals surface area (Å²) >= 11 is 3.67. The Morgan fingerprint density at radius 1 is 1.09 bits per heavy atom. The highest BCUT2D eigenvalue weighted by Crippen LogP contribution is 2.35. The highest BCUT2D eigenvalue weighted by atomic mass is 79.9. The predicted octanol–water partition coefficient (Wildman–Crippen LogP) is 5.61. The molecule has 1 saturated heterocycles. The van der Waals surface area contributed by atoms with Crippen LogP contribution in [0.1, 0.15) is 65.3 Å². The lowest BCUT2D eigenvalue weighted by Gasteiger charge is -2.37. The Morgan fingerprint density at radius 2 is 1.81 bits per heavy atom. The highest BCUT2D eigenvalue weighted by Gasteiger charge is 2.31. The van der Waals surface area contributed by atoms with Crippen LogP contribution in [-0.4, -0.2) is 56.7 Å². The van der Waals surface area contributed by atoms with Gasteiger partial charge in [0.1, 0.15) is 11.3 Å². The van der Waals surface area contributed by atoms with Crippen LogP contribution in [0.15, 0.2) is 35.2 Å².